The van der Waals surface area contributed by atoms with Crippen LogP contribution in [-0.4, -0.2) is 6.04 Å². The second-order valence-corrected chi connectivity index (χ2v) is 5.15. The standard InChI is InChI=1S/C17H20FNO/c1-12-7-8-16(18)10-15(12)11-20-17-6-4-3-5-14(17)9-13(2)19/h3-8,10,13H,9,11,19H2,1-2H3. The molecule has 2 rings (SSSR count). The highest BCUT2D eigenvalue weighted by molar-refractivity contribution is 5.34. The summed E-state index contributed by atoms with van der Waals surface area (Å²) in [4.78, 5) is 0. The van der Waals surface area contributed by atoms with Gasteiger partial charge in [-0.3, -0.25) is 0 Å². The zero-order valence-corrected chi connectivity index (χ0v) is 11.9. The minimum Gasteiger partial charge on any atom is -0.489 e. The van der Waals surface area contributed by atoms with Crippen LogP contribution in [0.3, 0.4) is 0 Å². The Morgan fingerprint density at radius 3 is 2.65 bits per heavy atom. The van der Waals surface area contributed by atoms with E-state index >= 15 is 0 Å². The summed E-state index contributed by atoms with van der Waals surface area (Å²) in [6.07, 6.45) is 0.762. The van der Waals surface area contributed by atoms with Crippen molar-refractivity contribution in [3.8, 4) is 5.75 Å². The van der Waals surface area contributed by atoms with Gasteiger partial charge in [-0.2, -0.15) is 0 Å². The molecule has 0 aliphatic carbocycles. The Morgan fingerprint density at radius 1 is 1.15 bits per heavy atom. The van der Waals surface area contributed by atoms with Gasteiger partial charge < -0.3 is 10.5 Å². The molecular formula is C17H20FNO. The van der Waals surface area contributed by atoms with Gasteiger partial charge in [0.1, 0.15) is 18.2 Å². The van der Waals surface area contributed by atoms with E-state index in [1.165, 1.54) is 12.1 Å². The summed E-state index contributed by atoms with van der Waals surface area (Å²) in [6.45, 7) is 4.28. The van der Waals surface area contributed by atoms with Crippen LogP contribution < -0.4 is 10.5 Å². The summed E-state index contributed by atoms with van der Waals surface area (Å²) in [6, 6.07) is 12.7. The third kappa shape index (κ3) is 3.81. The Hall–Kier alpha value is -1.87. The number of benzene rings is 2. The average Bonchev–Trinajstić information content (AvgIpc) is 2.41. The zero-order chi connectivity index (χ0) is 14.5. The lowest BCUT2D eigenvalue weighted by molar-refractivity contribution is 0.301. The van der Waals surface area contributed by atoms with E-state index in [4.69, 9.17) is 10.5 Å². The summed E-state index contributed by atoms with van der Waals surface area (Å²) in [5.41, 5.74) is 8.81. The minimum atomic E-state index is -0.238. The summed E-state index contributed by atoms with van der Waals surface area (Å²) in [5, 5.41) is 0. The number of halogens is 1. The average molecular weight is 273 g/mol. The van der Waals surface area contributed by atoms with Crippen LogP contribution in [0.4, 0.5) is 4.39 Å². The van der Waals surface area contributed by atoms with E-state index in [0.29, 0.717) is 6.61 Å². The van der Waals surface area contributed by atoms with Crippen molar-refractivity contribution in [3.63, 3.8) is 0 Å². The number of nitrogens with two attached hydrogens (primary N) is 1. The molecule has 2 aromatic carbocycles. The lowest BCUT2D eigenvalue weighted by Crippen LogP contribution is -2.18. The van der Waals surface area contributed by atoms with Crippen molar-refractivity contribution in [2.24, 2.45) is 5.73 Å². The summed E-state index contributed by atoms with van der Waals surface area (Å²) >= 11 is 0. The normalized spacial score (nSPS) is 12.2. The first-order valence-corrected chi connectivity index (χ1v) is 6.77. The van der Waals surface area contributed by atoms with Gasteiger partial charge in [0.15, 0.2) is 0 Å². The number of rotatable bonds is 5. The number of hydrogen-bond acceptors (Lipinski definition) is 2. The lowest BCUT2D eigenvalue weighted by Gasteiger charge is -2.14. The maximum Gasteiger partial charge on any atom is 0.123 e. The molecule has 0 spiro atoms. The molecule has 0 saturated carbocycles. The Balaban J connectivity index is 2.12. The first-order chi connectivity index (χ1) is 9.56. The molecule has 0 fully saturated rings. The van der Waals surface area contributed by atoms with Gasteiger partial charge in [-0.25, -0.2) is 4.39 Å². The number of aryl methyl sites for hydroxylation is 1. The van der Waals surface area contributed by atoms with Crippen molar-refractivity contribution in [1.29, 1.82) is 0 Å². The van der Waals surface area contributed by atoms with Crippen LogP contribution in [0.15, 0.2) is 42.5 Å². The van der Waals surface area contributed by atoms with Crippen molar-refractivity contribution >= 4 is 0 Å². The van der Waals surface area contributed by atoms with Gasteiger partial charge >= 0.3 is 0 Å². The summed E-state index contributed by atoms with van der Waals surface area (Å²) in [5.74, 6) is 0.575. The fourth-order valence-corrected chi connectivity index (χ4v) is 2.11. The molecule has 106 valence electrons. The minimum absolute atomic E-state index is 0.0793. The van der Waals surface area contributed by atoms with E-state index in [1.54, 1.807) is 6.07 Å². The number of hydrogen-bond donors (Lipinski definition) is 1. The number of ether oxygens (including phenoxy) is 1. The van der Waals surface area contributed by atoms with Crippen LogP contribution in [0.1, 0.15) is 23.6 Å². The highest BCUT2D eigenvalue weighted by Gasteiger charge is 2.07. The molecule has 2 nitrogen and oxygen atoms in total. The zero-order valence-electron chi connectivity index (χ0n) is 11.9. The SMILES string of the molecule is Cc1ccc(F)cc1COc1ccccc1CC(C)N. The Morgan fingerprint density at radius 2 is 1.90 bits per heavy atom. The Labute approximate surface area is 119 Å². The highest BCUT2D eigenvalue weighted by atomic mass is 19.1. The molecule has 2 N–H and O–H groups in total. The molecule has 20 heavy (non-hydrogen) atoms. The maximum absolute atomic E-state index is 13.3. The molecule has 0 saturated heterocycles. The van der Waals surface area contributed by atoms with Crippen LogP contribution >= 0.6 is 0 Å². The monoisotopic (exact) mass is 273 g/mol. The fraction of sp³-hybridized carbons (Fsp3) is 0.294. The first kappa shape index (κ1) is 14.5. The second-order valence-electron chi connectivity index (χ2n) is 5.15. The quantitative estimate of drug-likeness (QED) is 0.903. The highest BCUT2D eigenvalue weighted by Crippen LogP contribution is 2.21. The molecule has 1 unspecified atom stereocenters. The van der Waals surface area contributed by atoms with Gasteiger partial charge in [-0.05, 0) is 55.2 Å². The lowest BCUT2D eigenvalue weighted by atomic mass is 10.1. The first-order valence-electron chi connectivity index (χ1n) is 6.77. The Kier molecular flexibility index (Phi) is 4.74. The Bertz CT molecular complexity index is 581. The molecule has 0 amide bonds. The largest absolute Gasteiger partial charge is 0.489 e. The van der Waals surface area contributed by atoms with Gasteiger partial charge in [0.2, 0.25) is 0 Å². The van der Waals surface area contributed by atoms with Crippen molar-refractivity contribution in [2.45, 2.75) is 32.9 Å². The van der Waals surface area contributed by atoms with Gasteiger partial charge in [0.25, 0.3) is 0 Å². The van der Waals surface area contributed by atoms with E-state index in [2.05, 4.69) is 0 Å². The summed E-state index contributed by atoms with van der Waals surface area (Å²) in [7, 11) is 0. The van der Waals surface area contributed by atoms with Crippen LogP contribution in [0.2, 0.25) is 0 Å². The predicted molar refractivity (Wildman–Crippen MR) is 79.3 cm³/mol. The van der Waals surface area contributed by atoms with Gasteiger partial charge in [-0.1, -0.05) is 24.3 Å². The molecule has 0 aliphatic heterocycles. The van der Waals surface area contributed by atoms with Gasteiger partial charge in [0, 0.05) is 6.04 Å². The van der Waals surface area contributed by atoms with Crippen molar-refractivity contribution in [3.05, 3.63) is 65.0 Å². The summed E-state index contributed by atoms with van der Waals surface area (Å²) < 4.78 is 19.1. The molecule has 0 aromatic heterocycles. The third-order valence-electron chi connectivity index (χ3n) is 3.21. The predicted octanol–water partition coefficient (Wildman–Crippen LogP) is 3.60. The van der Waals surface area contributed by atoms with Crippen molar-refractivity contribution < 1.29 is 9.13 Å². The molecule has 0 bridgehead atoms. The maximum atomic E-state index is 13.3. The molecule has 3 heteroatoms. The topological polar surface area (TPSA) is 35.2 Å². The molecular weight excluding hydrogens is 253 g/mol. The molecule has 0 heterocycles. The molecule has 1 atom stereocenters. The smallest absolute Gasteiger partial charge is 0.123 e. The van der Waals surface area contributed by atoms with Gasteiger partial charge in [0.05, 0.1) is 0 Å². The van der Waals surface area contributed by atoms with Gasteiger partial charge in [-0.15, -0.1) is 0 Å². The van der Waals surface area contributed by atoms with E-state index in [9.17, 15) is 4.39 Å². The second kappa shape index (κ2) is 6.53. The van der Waals surface area contributed by atoms with Crippen molar-refractivity contribution in [2.75, 3.05) is 0 Å². The number of para-hydroxylation sites is 1. The van der Waals surface area contributed by atoms with Crippen LogP contribution in [0, 0.1) is 12.7 Å². The van der Waals surface area contributed by atoms with Crippen molar-refractivity contribution in [1.82, 2.24) is 0 Å². The molecule has 0 aliphatic rings. The van der Waals surface area contributed by atoms with E-state index in [-0.39, 0.29) is 11.9 Å². The fourth-order valence-electron chi connectivity index (χ4n) is 2.11. The van der Waals surface area contributed by atoms with Crippen LogP contribution in [0.5, 0.6) is 5.75 Å². The van der Waals surface area contributed by atoms with E-state index in [1.807, 2.05) is 38.1 Å². The third-order valence-corrected chi connectivity index (χ3v) is 3.21. The molecule has 2 aromatic rings. The molecule has 0 radical (unpaired) electrons. The van der Waals surface area contributed by atoms with Crippen LogP contribution in [-0.2, 0) is 13.0 Å². The van der Waals surface area contributed by atoms with E-state index < -0.39 is 0 Å². The van der Waals surface area contributed by atoms with Crippen LogP contribution in [0.25, 0.3) is 0 Å². The van der Waals surface area contributed by atoms with E-state index in [0.717, 1.165) is 28.9 Å².